The van der Waals surface area contributed by atoms with Gasteiger partial charge in [-0.3, -0.25) is 0 Å². The smallest absolute Gasteiger partial charge is 0.321 e. The van der Waals surface area contributed by atoms with Crippen LogP contribution in [0.1, 0.15) is 93.9 Å². The summed E-state index contributed by atoms with van der Waals surface area (Å²) in [4.78, 5) is 14.5. The van der Waals surface area contributed by atoms with E-state index in [1.54, 1.807) is 4.90 Å². The van der Waals surface area contributed by atoms with Crippen LogP contribution in [0, 0.1) is 11.5 Å². The van der Waals surface area contributed by atoms with Crippen LogP contribution in [0.4, 0.5) is 4.79 Å². The number of hydrogen-bond acceptors (Lipinski definition) is 6. The summed E-state index contributed by atoms with van der Waals surface area (Å²) < 4.78 is 36.9. The molecule has 9 nitrogen and oxygen atoms in total. The summed E-state index contributed by atoms with van der Waals surface area (Å²) in [5, 5.41) is 10.4. The molecule has 0 aromatic heterocycles. The highest BCUT2D eigenvalue weighted by Crippen LogP contribution is 2.23. The van der Waals surface area contributed by atoms with E-state index in [4.69, 9.17) is 5.26 Å². The van der Waals surface area contributed by atoms with E-state index >= 15 is 0 Å². The van der Waals surface area contributed by atoms with Crippen LogP contribution in [0.3, 0.4) is 0 Å². The van der Waals surface area contributed by atoms with Crippen molar-refractivity contribution in [3.63, 3.8) is 0 Å². The fourth-order valence-corrected chi connectivity index (χ4v) is 4.47. The number of quaternary nitrogens is 1. The van der Waals surface area contributed by atoms with Crippen molar-refractivity contribution in [2.45, 2.75) is 106 Å². The molecule has 0 heterocycles. The lowest BCUT2D eigenvalue weighted by Gasteiger charge is -2.34. The molecule has 10 heteroatoms. The molecule has 0 radical (unpaired) electrons. The van der Waals surface area contributed by atoms with E-state index in [-0.39, 0.29) is 42.5 Å². The molecule has 2 N–H and O–H groups in total. The Morgan fingerprint density at radius 1 is 1.03 bits per heavy atom. The number of rotatable bonds is 6. The summed E-state index contributed by atoms with van der Waals surface area (Å²) in [6, 6.07) is -0.000106. The zero-order valence-corrected chi connectivity index (χ0v) is 17.8. The van der Waals surface area contributed by atoms with Gasteiger partial charge in [-0.05, 0) is 38.5 Å². The number of carbonyl (C=O) groups excluding carboxylic acids is 1. The zero-order chi connectivity index (χ0) is 21.0. The first-order valence-electron chi connectivity index (χ1n) is 10.0. The topological polar surface area (TPSA) is 127 Å². The molecule has 2 fully saturated rings. The number of urea groups is 1. The molecular formula is C22H50N4O5S. The Hall–Kier alpha value is -1.57. The average molecular weight is 483 g/mol. The summed E-state index contributed by atoms with van der Waals surface area (Å²) >= 11 is 0. The van der Waals surface area contributed by atoms with Gasteiger partial charge in [-0.15, -0.1) is 0 Å². The Labute approximate surface area is 198 Å². The molecule has 0 saturated heterocycles. The number of nitriles is 1. The van der Waals surface area contributed by atoms with Gasteiger partial charge in [0, 0.05) is 6.04 Å². The lowest BCUT2D eigenvalue weighted by molar-refractivity contribution is -0.887. The molecule has 2 aliphatic rings. The first-order chi connectivity index (χ1) is 13.2. The minimum absolute atomic E-state index is 0. The monoisotopic (exact) mass is 482 g/mol. The maximum atomic E-state index is 11.8. The predicted octanol–water partition coefficient (Wildman–Crippen LogP) is 3.30. The largest absolute Gasteiger partial charge is 0.747 e. The second-order valence-electron chi connectivity index (χ2n) is 7.72. The summed E-state index contributed by atoms with van der Waals surface area (Å²) in [5.41, 5.74) is 0. The average Bonchev–Trinajstić information content (AvgIpc) is 2.67. The first-order valence-corrected chi connectivity index (χ1v) is 11.6. The van der Waals surface area contributed by atoms with E-state index in [9.17, 15) is 17.8 Å². The quantitative estimate of drug-likeness (QED) is 0.259. The van der Waals surface area contributed by atoms with Gasteiger partial charge in [-0.25, -0.2) is 13.2 Å². The molecule has 194 valence electrons. The van der Waals surface area contributed by atoms with Crippen molar-refractivity contribution in [2.24, 2.45) is 0 Å². The van der Waals surface area contributed by atoms with Crippen LogP contribution in [-0.2, 0) is 14.9 Å². The van der Waals surface area contributed by atoms with Crippen molar-refractivity contribution < 1.29 is 27.4 Å². The highest BCUT2D eigenvalue weighted by atomic mass is 32.2. The third-order valence-electron chi connectivity index (χ3n) is 5.36. The fourth-order valence-electron chi connectivity index (χ4n) is 3.80. The number of amides is 2. The van der Waals surface area contributed by atoms with Gasteiger partial charge < -0.3 is 24.4 Å². The lowest BCUT2D eigenvalue weighted by Crippen LogP contribution is -3.10. The first kappa shape index (κ1) is 37.7. The van der Waals surface area contributed by atoms with Gasteiger partial charge in [0.05, 0.1) is 20.1 Å². The van der Waals surface area contributed by atoms with Gasteiger partial charge >= 0.3 is 6.03 Å². The molecule has 2 saturated carbocycles. The SMILES string of the molecule is C.C.C.C.C[NH+](C)C1CCCCC1.N#COCNC(=O)N(CS(=O)(=O)[O-])C1CCCCC1. The van der Waals surface area contributed by atoms with Crippen LogP contribution in [0.15, 0.2) is 0 Å². The van der Waals surface area contributed by atoms with Crippen molar-refractivity contribution >= 4 is 16.1 Å². The third-order valence-corrected chi connectivity index (χ3v) is 5.95. The van der Waals surface area contributed by atoms with Crippen molar-refractivity contribution in [3.8, 4) is 6.26 Å². The number of carbonyl (C=O) groups is 1. The fraction of sp³-hybridized carbons (Fsp3) is 0.909. The second kappa shape index (κ2) is 20.1. The van der Waals surface area contributed by atoms with Crippen LogP contribution < -0.4 is 10.2 Å². The van der Waals surface area contributed by atoms with Crippen molar-refractivity contribution in [1.82, 2.24) is 10.2 Å². The van der Waals surface area contributed by atoms with Crippen LogP contribution in [0.5, 0.6) is 0 Å². The van der Waals surface area contributed by atoms with Crippen molar-refractivity contribution in [1.29, 1.82) is 5.26 Å². The predicted molar refractivity (Wildman–Crippen MR) is 130 cm³/mol. The Kier molecular flexibility index (Phi) is 23.7. The molecule has 2 aliphatic carbocycles. The Morgan fingerprint density at radius 2 is 1.50 bits per heavy atom. The number of ether oxygens (including phenoxy) is 1. The summed E-state index contributed by atoms with van der Waals surface area (Å²) in [7, 11) is 0.00857. The number of nitrogens with zero attached hydrogens (tertiary/aromatic N) is 2. The summed E-state index contributed by atoms with van der Waals surface area (Å²) in [6.45, 7) is -0.350. The van der Waals surface area contributed by atoms with Gasteiger partial charge in [0.2, 0.25) is 0 Å². The van der Waals surface area contributed by atoms with E-state index < -0.39 is 22.0 Å². The van der Waals surface area contributed by atoms with Crippen LogP contribution >= 0.6 is 0 Å². The molecule has 0 bridgehead atoms. The van der Waals surface area contributed by atoms with Gasteiger partial charge in [0.1, 0.15) is 16.0 Å². The zero-order valence-electron chi connectivity index (χ0n) is 17.0. The Balaban J connectivity index is -0.000000259. The molecule has 32 heavy (non-hydrogen) atoms. The molecule has 2 rings (SSSR count). The van der Waals surface area contributed by atoms with Crippen LogP contribution in [-0.4, -0.2) is 62.7 Å². The standard InChI is InChI=1S/C10H17N3O5S.C8H17N.4CH4/c11-6-18-7-12-10(14)13(8-19(15,16)17)9-4-2-1-3-5-9;1-9(2)8-6-4-3-5-7-8;;;;/h9H,1-5,7-8H2,(H,12,14)(H,15,16,17);8H,3-7H2,1-2H3;4*1H4. The van der Waals surface area contributed by atoms with Crippen LogP contribution in [0.25, 0.3) is 0 Å². The van der Waals surface area contributed by atoms with Crippen molar-refractivity contribution in [3.05, 3.63) is 0 Å². The second-order valence-corrected chi connectivity index (χ2v) is 9.10. The number of nitrogens with one attached hydrogen (secondary N) is 2. The van der Waals surface area contributed by atoms with E-state index in [1.165, 1.54) is 38.4 Å². The molecule has 2 amide bonds. The Morgan fingerprint density at radius 3 is 1.88 bits per heavy atom. The van der Waals surface area contributed by atoms with Gasteiger partial charge in [-0.2, -0.15) is 5.26 Å². The van der Waals surface area contributed by atoms with Gasteiger partial charge in [0.15, 0.2) is 6.73 Å². The normalized spacial score (nSPS) is 16.2. The highest BCUT2D eigenvalue weighted by molar-refractivity contribution is 7.85. The Bertz CT molecular complexity index is 596. The maximum Gasteiger partial charge on any atom is 0.321 e. The molecule has 0 aromatic carbocycles. The van der Waals surface area contributed by atoms with E-state index in [2.05, 4.69) is 24.1 Å². The number of hydrogen-bond donors (Lipinski definition) is 2. The maximum absolute atomic E-state index is 11.8. The molecule has 0 atom stereocenters. The molecule has 0 spiro atoms. The summed E-state index contributed by atoms with van der Waals surface area (Å²) in [6.07, 6.45) is 12.9. The molecular weight excluding hydrogens is 432 g/mol. The van der Waals surface area contributed by atoms with E-state index in [1.807, 2.05) is 0 Å². The minimum Gasteiger partial charge on any atom is -0.747 e. The highest BCUT2D eigenvalue weighted by Gasteiger charge is 2.26. The molecule has 0 aliphatic heterocycles. The van der Waals surface area contributed by atoms with Gasteiger partial charge in [-0.1, -0.05) is 55.4 Å². The minimum atomic E-state index is -4.54. The third kappa shape index (κ3) is 16.1. The van der Waals surface area contributed by atoms with Crippen molar-refractivity contribution in [2.75, 3.05) is 26.7 Å². The van der Waals surface area contributed by atoms with Crippen LogP contribution in [0.2, 0.25) is 0 Å². The lowest BCUT2D eigenvalue weighted by atomic mass is 9.95. The van der Waals surface area contributed by atoms with E-state index in [0.29, 0.717) is 12.8 Å². The van der Waals surface area contributed by atoms with Gasteiger partial charge in [0.25, 0.3) is 6.26 Å². The molecule has 0 unspecified atom stereocenters. The summed E-state index contributed by atoms with van der Waals surface area (Å²) in [5.74, 6) is -0.865. The van der Waals surface area contributed by atoms with E-state index in [0.717, 1.165) is 30.2 Å². The molecule has 0 aromatic rings.